The van der Waals surface area contributed by atoms with Crippen molar-refractivity contribution >= 4 is 11.9 Å². The van der Waals surface area contributed by atoms with Gasteiger partial charge in [-0.1, -0.05) is 36.4 Å². The summed E-state index contributed by atoms with van der Waals surface area (Å²) in [6.07, 6.45) is 1.87. The molecule has 2 aromatic carbocycles. The van der Waals surface area contributed by atoms with Gasteiger partial charge in [0.25, 0.3) is 11.5 Å². The normalized spacial score (nSPS) is 14.1. The molecule has 0 atom stereocenters. The molecule has 0 unspecified atom stereocenters. The van der Waals surface area contributed by atoms with Gasteiger partial charge in [0.05, 0.1) is 18.4 Å². The van der Waals surface area contributed by atoms with Crippen molar-refractivity contribution in [2.75, 3.05) is 7.11 Å². The molecule has 0 radical (unpaired) electrons. The molecule has 7 heteroatoms. The van der Waals surface area contributed by atoms with Crippen LogP contribution >= 0.6 is 0 Å². The van der Waals surface area contributed by atoms with Crippen LogP contribution in [0, 0.1) is 5.82 Å². The summed E-state index contributed by atoms with van der Waals surface area (Å²) < 4.78 is 20.2. The third-order valence-corrected chi connectivity index (χ3v) is 5.32. The highest BCUT2D eigenvalue weighted by Crippen LogP contribution is 2.31. The summed E-state index contributed by atoms with van der Waals surface area (Å²) in [5, 5.41) is 2.80. The number of esters is 1. The van der Waals surface area contributed by atoms with E-state index < -0.39 is 28.8 Å². The Hall–Kier alpha value is -3.74. The number of para-hydroxylation sites is 1. The van der Waals surface area contributed by atoms with E-state index in [9.17, 15) is 18.8 Å². The quantitative estimate of drug-likeness (QED) is 0.675. The molecule has 0 bridgehead atoms. The molecule has 1 amide bonds. The monoisotopic (exact) mass is 406 g/mol. The van der Waals surface area contributed by atoms with E-state index >= 15 is 0 Å². The number of ether oxygens (including phenoxy) is 1. The van der Waals surface area contributed by atoms with Crippen molar-refractivity contribution in [2.24, 2.45) is 0 Å². The van der Waals surface area contributed by atoms with Gasteiger partial charge in [-0.25, -0.2) is 9.18 Å². The second kappa shape index (κ2) is 7.59. The molecule has 0 saturated heterocycles. The molecule has 1 heterocycles. The highest BCUT2D eigenvalue weighted by molar-refractivity contribution is 5.98. The topological polar surface area (TPSA) is 77.4 Å². The van der Waals surface area contributed by atoms with E-state index in [-0.39, 0.29) is 11.3 Å². The van der Waals surface area contributed by atoms with Crippen LogP contribution in [-0.4, -0.2) is 29.1 Å². The third kappa shape index (κ3) is 3.39. The van der Waals surface area contributed by atoms with Crippen molar-refractivity contribution in [1.82, 2.24) is 9.88 Å². The smallest absolute Gasteiger partial charge is 0.332 e. The fraction of sp³-hybridized carbons (Fsp3) is 0.174. The SMILES string of the molecule is COC(=O)C1(NC(=O)c2ccc(=O)n(-c3ccccc3F)c2)Cc2ccccc2C1. The van der Waals surface area contributed by atoms with Crippen molar-refractivity contribution in [1.29, 1.82) is 0 Å². The number of benzene rings is 2. The number of nitrogens with one attached hydrogen (secondary N) is 1. The second-order valence-corrected chi connectivity index (χ2v) is 7.23. The number of nitrogens with zero attached hydrogens (tertiary/aromatic N) is 1. The number of carbonyl (C=O) groups excluding carboxylic acids is 2. The molecule has 0 aliphatic heterocycles. The average molecular weight is 406 g/mol. The number of hydrogen-bond acceptors (Lipinski definition) is 4. The van der Waals surface area contributed by atoms with E-state index in [0.29, 0.717) is 12.8 Å². The Morgan fingerprint density at radius 1 is 1.00 bits per heavy atom. The van der Waals surface area contributed by atoms with Gasteiger partial charge in [-0.2, -0.15) is 0 Å². The number of methoxy groups -OCH3 is 1. The van der Waals surface area contributed by atoms with Gasteiger partial charge >= 0.3 is 5.97 Å². The maximum absolute atomic E-state index is 14.2. The molecule has 1 aliphatic carbocycles. The minimum atomic E-state index is -1.24. The molecule has 1 N–H and O–H groups in total. The highest BCUT2D eigenvalue weighted by atomic mass is 19.1. The summed E-state index contributed by atoms with van der Waals surface area (Å²) in [6, 6.07) is 15.9. The van der Waals surface area contributed by atoms with Gasteiger partial charge in [0.2, 0.25) is 0 Å². The second-order valence-electron chi connectivity index (χ2n) is 7.23. The lowest BCUT2D eigenvalue weighted by atomic mass is 9.95. The van der Waals surface area contributed by atoms with Crippen molar-refractivity contribution < 1.29 is 18.7 Å². The highest BCUT2D eigenvalue weighted by Gasteiger charge is 2.46. The van der Waals surface area contributed by atoms with Gasteiger partial charge in [0.1, 0.15) is 11.4 Å². The van der Waals surface area contributed by atoms with Crippen LogP contribution in [0.5, 0.6) is 0 Å². The first-order valence-corrected chi connectivity index (χ1v) is 9.39. The van der Waals surface area contributed by atoms with Gasteiger partial charge in [-0.15, -0.1) is 0 Å². The van der Waals surface area contributed by atoms with Crippen LogP contribution in [0.25, 0.3) is 5.69 Å². The summed E-state index contributed by atoms with van der Waals surface area (Å²) in [6.45, 7) is 0. The van der Waals surface area contributed by atoms with Crippen LogP contribution in [0.1, 0.15) is 21.5 Å². The maximum Gasteiger partial charge on any atom is 0.332 e. The molecule has 3 aromatic rings. The minimum Gasteiger partial charge on any atom is -0.467 e. The zero-order chi connectivity index (χ0) is 21.3. The van der Waals surface area contributed by atoms with Crippen LogP contribution < -0.4 is 10.9 Å². The van der Waals surface area contributed by atoms with Crippen LogP contribution in [-0.2, 0) is 22.4 Å². The lowest BCUT2D eigenvalue weighted by Crippen LogP contribution is -2.56. The van der Waals surface area contributed by atoms with E-state index in [1.165, 1.54) is 43.6 Å². The van der Waals surface area contributed by atoms with Gasteiger partial charge < -0.3 is 10.1 Å². The maximum atomic E-state index is 14.2. The lowest BCUT2D eigenvalue weighted by Gasteiger charge is -2.27. The summed E-state index contributed by atoms with van der Waals surface area (Å²) in [5.41, 5.74) is 0.353. The summed E-state index contributed by atoms with van der Waals surface area (Å²) in [5.74, 6) is -1.69. The number of aromatic nitrogens is 1. The van der Waals surface area contributed by atoms with E-state index in [1.807, 2.05) is 24.3 Å². The predicted molar refractivity (Wildman–Crippen MR) is 108 cm³/mol. The fourth-order valence-corrected chi connectivity index (χ4v) is 3.84. The lowest BCUT2D eigenvalue weighted by molar-refractivity contribution is -0.147. The third-order valence-electron chi connectivity index (χ3n) is 5.32. The molecule has 0 spiro atoms. The fourth-order valence-electron chi connectivity index (χ4n) is 3.84. The number of pyridine rings is 1. The first kappa shape index (κ1) is 19.6. The zero-order valence-corrected chi connectivity index (χ0v) is 16.2. The number of hydrogen-bond donors (Lipinski definition) is 1. The van der Waals surface area contributed by atoms with E-state index in [2.05, 4.69) is 5.32 Å². The van der Waals surface area contributed by atoms with E-state index in [4.69, 9.17) is 4.74 Å². The first-order valence-electron chi connectivity index (χ1n) is 9.39. The number of carbonyl (C=O) groups is 2. The Morgan fingerprint density at radius 3 is 2.27 bits per heavy atom. The Balaban J connectivity index is 1.68. The molecule has 152 valence electrons. The van der Waals surface area contributed by atoms with Crippen LogP contribution in [0.15, 0.2) is 71.7 Å². The van der Waals surface area contributed by atoms with Gasteiger partial charge in [0.15, 0.2) is 0 Å². The average Bonchev–Trinajstić information content (AvgIpc) is 3.13. The van der Waals surface area contributed by atoms with Crippen LogP contribution in [0.4, 0.5) is 4.39 Å². The van der Waals surface area contributed by atoms with Gasteiger partial charge in [0, 0.05) is 25.1 Å². The molecule has 4 rings (SSSR count). The van der Waals surface area contributed by atoms with Gasteiger partial charge in [-0.3, -0.25) is 14.2 Å². The largest absolute Gasteiger partial charge is 0.467 e. The van der Waals surface area contributed by atoms with Crippen LogP contribution in [0.2, 0.25) is 0 Å². The molecule has 1 aliphatic rings. The summed E-state index contributed by atoms with van der Waals surface area (Å²) >= 11 is 0. The minimum absolute atomic E-state index is 0.0353. The Bertz CT molecular complexity index is 1180. The van der Waals surface area contributed by atoms with Crippen molar-refractivity contribution in [3.05, 3.63) is 99.7 Å². The Labute approximate surface area is 171 Å². The molecule has 0 saturated carbocycles. The van der Waals surface area contributed by atoms with Gasteiger partial charge in [-0.05, 0) is 29.3 Å². The molecule has 0 fully saturated rings. The van der Waals surface area contributed by atoms with Crippen LogP contribution in [0.3, 0.4) is 0 Å². The molecule has 1 aromatic heterocycles. The number of fused-ring (bicyclic) bond motifs is 1. The number of halogens is 1. The predicted octanol–water partition coefficient (Wildman–Crippen LogP) is 2.42. The van der Waals surface area contributed by atoms with E-state index in [1.54, 1.807) is 6.07 Å². The zero-order valence-electron chi connectivity index (χ0n) is 16.2. The number of rotatable bonds is 4. The summed E-state index contributed by atoms with van der Waals surface area (Å²) in [7, 11) is 1.28. The standard InChI is InChI=1S/C23H19FN2O4/c1-30-22(29)23(12-15-6-2-3-7-16(15)13-23)25-21(28)17-10-11-20(27)26(14-17)19-9-5-4-8-18(19)24/h2-11,14H,12-13H2,1H3,(H,25,28). The first-order chi connectivity index (χ1) is 14.4. The molecular formula is C23H19FN2O4. The Morgan fingerprint density at radius 2 is 1.63 bits per heavy atom. The summed E-state index contributed by atoms with van der Waals surface area (Å²) in [4.78, 5) is 37.9. The molecular weight excluding hydrogens is 387 g/mol. The van der Waals surface area contributed by atoms with Crippen molar-refractivity contribution in [3.63, 3.8) is 0 Å². The number of amides is 1. The molecule has 6 nitrogen and oxygen atoms in total. The molecule has 30 heavy (non-hydrogen) atoms. The Kier molecular flexibility index (Phi) is 4.95. The van der Waals surface area contributed by atoms with E-state index in [0.717, 1.165) is 15.7 Å². The van der Waals surface area contributed by atoms with Crippen molar-refractivity contribution in [2.45, 2.75) is 18.4 Å². The van der Waals surface area contributed by atoms with Crippen molar-refractivity contribution in [3.8, 4) is 5.69 Å².